The maximum atomic E-state index is 11.1. The normalized spacial score (nSPS) is 11.1. The van der Waals surface area contributed by atoms with E-state index in [1.165, 1.54) is 0 Å². The molecule has 0 atom stereocenters. The molecule has 0 amide bonds. The topological polar surface area (TPSA) is 47.8 Å². The first-order valence-corrected chi connectivity index (χ1v) is 7.44. The van der Waals surface area contributed by atoms with Gasteiger partial charge >= 0.3 is 0 Å². The van der Waals surface area contributed by atoms with Crippen LogP contribution in [0.1, 0.15) is 47.9 Å². The summed E-state index contributed by atoms with van der Waals surface area (Å²) in [6.45, 7) is 2.93. The lowest BCUT2D eigenvalue weighted by Crippen LogP contribution is -2.03. The van der Waals surface area contributed by atoms with Gasteiger partial charge in [-0.1, -0.05) is 54.8 Å². The lowest BCUT2D eigenvalue weighted by molar-refractivity contribution is 0.111. The number of hydrogen-bond donors (Lipinski definition) is 0. The molecule has 2 rings (SSSR count). The minimum Gasteiger partial charge on any atom is -0.296 e. The number of unbranched alkanes of at least 4 members (excludes halogenated alkanes) is 2. The Morgan fingerprint density at radius 3 is 2.62 bits per heavy atom. The van der Waals surface area contributed by atoms with Gasteiger partial charge in [-0.05, 0) is 30.2 Å². The third-order valence-electron chi connectivity index (χ3n) is 3.19. The van der Waals surface area contributed by atoms with Gasteiger partial charge in [-0.2, -0.15) is 0 Å². The van der Waals surface area contributed by atoms with Gasteiger partial charge in [0.15, 0.2) is 12.0 Å². The van der Waals surface area contributed by atoms with Crippen molar-refractivity contribution in [2.24, 2.45) is 0 Å². The summed E-state index contributed by atoms with van der Waals surface area (Å²) in [6, 6.07) is 7.51. The zero-order chi connectivity index (χ0) is 15.1. The highest BCUT2D eigenvalue weighted by Gasteiger charge is 2.08. The van der Waals surface area contributed by atoms with Crippen LogP contribution < -0.4 is 0 Å². The molecule has 2 aromatic rings. The van der Waals surface area contributed by atoms with Gasteiger partial charge < -0.3 is 0 Å². The molecule has 0 aliphatic heterocycles. The molecule has 4 nitrogen and oxygen atoms in total. The second kappa shape index (κ2) is 7.74. The van der Waals surface area contributed by atoms with Crippen molar-refractivity contribution in [2.75, 3.05) is 0 Å². The molecule has 110 valence electrons. The molecular weight excluding hydrogens is 286 g/mol. The molecule has 1 aromatic carbocycles. The van der Waals surface area contributed by atoms with E-state index in [0.29, 0.717) is 10.7 Å². The zero-order valence-electron chi connectivity index (χ0n) is 12.0. The van der Waals surface area contributed by atoms with Crippen LogP contribution in [0.25, 0.3) is 12.2 Å². The number of hydrogen-bond acceptors (Lipinski definition) is 3. The quantitative estimate of drug-likeness (QED) is 0.571. The maximum Gasteiger partial charge on any atom is 0.172 e. The Kier molecular flexibility index (Phi) is 5.69. The van der Waals surface area contributed by atoms with E-state index in [-0.39, 0.29) is 0 Å². The fourth-order valence-corrected chi connectivity index (χ4v) is 2.14. The lowest BCUT2D eigenvalue weighted by atomic mass is 10.2. The number of aryl methyl sites for hydroxylation is 1. The largest absolute Gasteiger partial charge is 0.296 e. The third-order valence-corrected chi connectivity index (χ3v) is 3.44. The van der Waals surface area contributed by atoms with Gasteiger partial charge in [0.2, 0.25) is 0 Å². The van der Waals surface area contributed by atoms with E-state index in [2.05, 4.69) is 17.2 Å². The number of benzene rings is 1. The Hall–Kier alpha value is -1.94. The third kappa shape index (κ3) is 4.26. The van der Waals surface area contributed by atoms with Crippen LogP contribution in [0.4, 0.5) is 0 Å². The monoisotopic (exact) mass is 303 g/mol. The zero-order valence-corrected chi connectivity index (χ0v) is 12.8. The van der Waals surface area contributed by atoms with E-state index in [1.54, 1.807) is 4.68 Å². The molecule has 0 N–H and O–H groups in total. The van der Waals surface area contributed by atoms with Crippen LogP contribution in [0.2, 0.25) is 5.02 Å². The van der Waals surface area contributed by atoms with Crippen LogP contribution in [0.15, 0.2) is 24.3 Å². The SMILES string of the molecule is CCCCCn1nnc(C=O)c1/C=C/c1ccc(Cl)cc1. The van der Waals surface area contributed by atoms with E-state index in [1.807, 2.05) is 36.4 Å². The number of aldehydes is 1. The number of carbonyl (C=O) groups is 1. The minimum absolute atomic E-state index is 0.372. The van der Waals surface area contributed by atoms with E-state index in [9.17, 15) is 4.79 Å². The maximum absolute atomic E-state index is 11.1. The minimum atomic E-state index is 0.372. The van der Waals surface area contributed by atoms with Crippen molar-refractivity contribution in [2.45, 2.75) is 32.7 Å². The summed E-state index contributed by atoms with van der Waals surface area (Å²) in [5.74, 6) is 0. The first-order chi connectivity index (χ1) is 10.2. The Morgan fingerprint density at radius 1 is 1.19 bits per heavy atom. The molecule has 0 aliphatic rings. The van der Waals surface area contributed by atoms with E-state index >= 15 is 0 Å². The average molecular weight is 304 g/mol. The molecule has 1 heterocycles. The molecular formula is C16H18ClN3O. The summed E-state index contributed by atoms with van der Waals surface area (Å²) >= 11 is 5.86. The highest BCUT2D eigenvalue weighted by Crippen LogP contribution is 2.14. The van der Waals surface area contributed by atoms with Gasteiger partial charge in [0.1, 0.15) is 0 Å². The Balaban J connectivity index is 2.18. The summed E-state index contributed by atoms with van der Waals surface area (Å²) in [7, 11) is 0. The molecule has 0 saturated carbocycles. The van der Waals surface area contributed by atoms with E-state index < -0.39 is 0 Å². The number of carbonyl (C=O) groups excluding carboxylic acids is 1. The molecule has 21 heavy (non-hydrogen) atoms. The van der Waals surface area contributed by atoms with Gasteiger partial charge in [-0.3, -0.25) is 4.79 Å². The molecule has 1 aromatic heterocycles. The van der Waals surface area contributed by atoms with Crippen LogP contribution in [-0.4, -0.2) is 21.3 Å². The van der Waals surface area contributed by atoms with Gasteiger partial charge in [0, 0.05) is 11.6 Å². The highest BCUT2D eigenvalue weighted by atomic mass is 35.5. The first-order valence-electron chi connectivity index (χ1n) is 7.07. The van der Waals surface area contributed by atoms with Gasteiger partial charge in [0.25, 0.3) is 0 Å². The summed E-state index contributed by atoms with van der Waals surface area (Å²) in [6.07, 6.45) is 7.85. The lowest BCUT2D eigenvalue weighted by Gasteiger charge is -2.02. The standard InChI is InChI=1S/C16H18ClN3O/c1-2-3-4-11-20-16(15(12-21)18-19-20)10-7-13-5-8-14(17)9-6-13/h5-10,12H,2-4,11H2,1H3/b10-7+. The summed E-state index contributed by atoms with van der Waals surface area (Å²) < 4.78 is 1.78. The van der Waals surface area contributed by atoms with Crippen LogP contribution in [0.3, 0.4) is 0 Å². The van der Waals surface area contributed by atoms with Crippen molar-refractivity contribution in [3.63, 3.8) is 0 Å². The summed E-state index contributed by atoms with van der Waals surface area (Å²) in [5.41, 5.74) is 2.13. The first kappa shape index (κ1) is 15.4. The molecule has 5 heteroatoms. The second-order valence-corrected chi connectivity index (χ2v) is 5.23. The molecule has 0 saturated heterocycles. The van der Waals surface area contributed by atoms with E-state index in [4.69, 9.17) is 11.6 Å². The van der Waals surface area contributed by atoms with Crippen LogP contribution in [0, 0.1) is 0 Å². The van der Waals surface area contributed by atoms with Gasteiger partial charge in [-0.25, -0.2) is 4.68 Å². The Bertz CT molecular complexity index is 617. The molecule has 0 spiro atoms. The van der Waals surface area contributed by atoms with E-state index in [0.717, 1.165) is 43.4 Å². The smallest absolute Gasteiger partial charge is 0.172 e. The highest BCUT2D eigenvalue weighted by molar-refractivity contribution is 6.30. The van der Waals surface area contributed by atoms with Crippen molar-refractivity contribution in [1.29, 1.82) is 0 Å². The van der Waals surface area contributed by atoms with Crippen molar-refractivity contribution < 1.29 is 4.79 Å². The molecule has 0 radical (unpaired) electrons. The number of nitrogens with zero attached hydrogens (tertiary/aromatic N) is 3. The Labute approximate surface area is 129 Å². The molecule has 0 fully saturated rings. The predicted molar refractivity (Wildman–Crippen MR) is 85.3 cm³/mol. The van der Waals surface area contributed by atoms with Crippen molar-refractivity contribution in [3.05, 3.63) is 46.2 Å². The fraction of sp³-hybridized carbons (Fsp3) is 0.312. The predicted octanol–water partition coefficient (Wildman–Crippen LogP) is 4.10. The van der Waals surface area contributed by atoms with Gasteiger partial charge in [-0.15, -0.1) is 5.10 Å². The molecule has 0 bridgehead atoms. The molecule has 0 aliphatic carbocycles. The van der Waals surface area contributed by atoms with Crippen LogP contribution in [-0.2, 0) is 6.54 Å². The average Bonchev–Trinajstić information content (AvgIpc) is 2.89. The number of rotatable bonds is 7. The van der Waals surface area contributed by atoms with Crippen LogP contribution in [0.5, 0.6) is 0 Å². The number of halogens is 1. The van der Waals surface area contributed by atoms with Gasteiger partial charge in [0.05, 0.1) is 5.69 Å². The van der Waals surface area contributed by atoms with Crippen molar-refractivity contribution >= 4 is 30.0 Å². The van der Waals surface area contributed by atoms with Crippen LogP contribution >= 0.6 is 11.6 Å². The summed E-state index contributed by atoms with van der Waals surface area (Å²) in [5, 5.41) is 8.66. The number of aromatic nitrogens is 3. The second-order valence-electron chi connectivity index (χ2n) is 4.79. The summed E-state index contributed by atoms with van der Waals surface area (Å²) in [4.78, 5) is 11.1. The van der Waals surface area contributed by atoms with Crippen molar-refractivity contribution in [1.82, 2.24) is 15.0 Å². The molecule has 0 unspecified atom stereocenters. The Morgan fingerprint density at radius 2 is 1.95 bits per heavy atom. The fourth-order valence-electron chi connectivity index (χ4n) is 2.01. The van der Waals surface area contributed by atoms with Crippen molar-refractivity contribution in [3.8, 4) is 0 Å².